The summed E-state index contributed by atoms with van der Waals surface area (Å²) in [4.78, 5) is 10.7. The second-order valence-electron chi connectivity index (χ2n) is 5.09. The third-order valence-electron chi connectivity index (χ3n) is 3.35. The third-order valence-corrected chi connectivity index (χ3v) is 3.35. The first kappa shape index (κ1) is 9.87. The first-order valence-electron chi connectivity index (χ1n) is 6.14. The van der Waals surface area contributed by atoms with Gasteiger partial charge in [0, 0.05) is 19.2 Å². The van der Waals surface area contributed by atoms with Gasteiger partial charge in [0.05, 0.1) is 0 Å². The fourth-order valence-corrected chi connectivity index (χ4v) is 2.02. The first-order valence-corrected chi connectivity index (χ1v) is 6.14. The second kappa shape index (κ2) is 3.92. The molecule has 0 aromatic carbocycles. The van der Waals surface area contributed by atoms with Crippen LogP contribution in [-0.2, 0) is 0 Å². The summed E-state index contributed by atoms with van der Waals surface area (Å²) in [5, 5.41) is 0. The molecule has 0 saturated heterocycles. The Morgan fingerprint density at radius 2 is 1.75 bits per heavy atom. The highest BCUT2D eigenvalue weighted by Gasteiger charge is 2.29. The van der Waals surface area contributed by atoms with Gasteiger partial charge in [-0.25, -0.2) is 9.97 Å². The third kappa shape index (κ3) is 2.43. The zero-order chi connectivity index (χ0) is 11.0. The molecular formula is C12H18N4. The molecule has 2 aliphatic carbocycles. The Morgan fingerprint density at radius 1 is 1.12 bits per heavy atom. The van der Waals surface area contributed by atoms with Crippen molar-refractivity contribution in [1.29, 1.82) is 0 Å². The lowest BCUT2D eigenvalue weighted by Gasteiger charge is -2.23. The predicted octanol–water partition coefficient (Wildman–Crippen LogP) is 1.69. The van der Waals surface area contributed by atoms with Gasteiger partial charge in [0.1, 0.15) is 18.0 Å². The Labute approximate surface area is 95.9 Å². The van der Waals surface area contributed by atoms with Crippen LogP contribution in [0.2, 0.25) is 0 Å². The van der Waals surface area contributed by atoms with Gasteiger partial charge in [-0.2, -0.15) is 0 Å². The summed E-state index contributed by atoms with van der Waals surface area (Å²) in [7, 11) is 0. The van der Waals surface area contributed by atoms with E-state index in [9.17, 15) is 0 Å². The fourth-order valence-electron chi connectivity index (χ4n) is 2.02. The molecule has 0 amide bonds. The molecule has 0 atom stereocenters. The second-order valence-corrected chi connectivity index (χ2v) is 5.09. The van der Waals surface area contributed by atoms with Crippen LogP contribution in [0, 0.1) is 11.8 Å². The molecule has 4 heteroatoms. The van der Waals surface area contributed by atoms with E-state index in [1.165, 1.54) is 25.7 Å². The van der Waals surface area contributed by atoms with Crippen molar-refractivity contribution < 1.29 is 0 Å². The Morgan fingerprint density at radius 3 is 2.25 bits per heavy atom. The standard InChI is InChI=1S/C12H18N4/c13-11-5-12(15-8-14-11)16(6-9-1-2-9)7-10-3-4-10/h5,8-10H,1-4,6-7H2,(H2,13,14,15). The van der Waals surface area contributed by atoms with Crippen LogP contribution < -0.4 is 10.6 Å². The van der Waals surface area contributed by atoms with Crippen molar-refractivity contribution in [3.05, 3.63) is 12.4 Å². The van der Waals surface area contributed by atoms with Crippen molar-refractivity contribution in [3.8, 4) is 0 Å². The fraction of sp³-hybridized carbons (Fsp3) is 0.667. The van der Waals surface area contributed by atoms with E-state index in [0.29, 0.717) is 5.82 Å². The maximum atomic E-state index is 5.71. The van der Waals surface area contributed by atoms with Crippen LogP contribution in [0.25, 0.3) is 0 Å². The van der Waals surface area contributed by atoms with E-state index in [2.05, 4.69) is 14.9 Å². The minimum atomic E-state index is 0.571. The van der Waals surface area contributed by atoms with Crippen molar-refractivity contribution in [3.63, 3.8) is 0 Å². The number of nitrogen functional groups attached to an aromatic ring is 1. The van der Waals surface area contributed by atoms with E-state index in [4.69, 9.17) is 5.73 Å². The lowest BCUT2D eigenvalue weighted by atomic mass is 10.3. The van der Waals surface area contributed by atoms with E-state index in [1.54, 1.807) is 6.33 Å². The highest BCUT2D eigenvalue weighted by molar-refractivity contribution is 5.46. The maximum absolute atomic E-state index is 5.71. The average Bonchev–Trinajstić information content (AvgIpc) is 3.11. The van der Waals surface area contributed by atoms with Crippen LogP contribution in [0.5, 0.6) is 0 Å². The molecule has 4 nitrogen and oxygen atoms in total. The molecule has 2 fully saturated rings. The lowest BCUT2D eigenvalue weighted by Crippen LogP contribution is -2.29. The summed E-state index contributed by atoms with van der Waals surface area (Å²) in [6.07, 6.45) is 7.07. The van der Waals surface area contributed by atoms with Gasteiger partial charge in [0.25, 0.3) is 0 Å². The number of hydrogen-bond acceptors (Lipinski definition) is 4. The normalized spacial score (nSPS) is 19.8. The Bertz CT molecular complexity index is 357. The van der Waals surface area contributed by atoms with Crippen LogP contribution >= 0.6 is 0 Å². The van der Waals surface area contributed by atoms with Crippen LogP contribution in [0.15, 0.2) is 12.4 Å². The molecule has 2 saturated carbocycles. The summed E-state index contributed by atoms with van der Waals surface area (Å²) in [5.74, 6) is 3.35. The van der Waals surface area contributed by atoms with Gasteiger partial charge in [-0.05, 0) is 37.5 Å². The van der Waals surface area contributed by atoms with Gasteiger partial charge in [0.15, 0.2) is 0 Å². The zero-order valence-electron chi connectivity index (χ0n) is 9.47. The molecule has 16 heavy (non-hydrogen) atoms. The predicted molar refractivity (Wildman–Crippen MR) is 64.1 cm³/mol. The molecule has 3 rings (SSSR count). The maximum Gasteiger partial charge on any atom is 0.134 e. The molecule has 2 N–H and O–H groups in total. The molecule has 0 aliphatic heterocycles. The molecule has 1 aromatic rings. The molecule has 1 aromatic heterocycles. The van der Waals surface area contributed by atoms with E-state index in [1.807, 2.05) is 6.07 Å². The minimum absolute atomic E-state index is 0.571. The van der Waals surface area contributed by atoms with Crippen LogP contribution in [0.3, 0.4) is 0 Å². The van der Waals surface area contributed by atoms with Crippen molar-refractivity contribution >= 4 is 11.6 Å². The Hall–Kier alpha value is -1.32. The van der Waals surface area contributed by atoms with E-state index in [0.717, 1.165) is 30.7 Å². The van der Waals surface area contributed by atoms with Crippen molar-refractivity contribution in [1.82, 2.24) is 9.97 Å². The SMILES string of the molecule is Nc1cc(N(CC2CC2)CC2CC2)ncn1. The number of anilines is 2. The van der Waals surface area contributed by atoms with Gasteiger partial charge in [-0.1, -0.05) is 0 Å². The molecule has 1 heterocycles. The van der Waals surface area contributed by atoms with E-state index >= 15 is 0 Å². The molecule has 0 radical (unpaired) electrons. The van der Waals surface area contributed by atoms with Crippen LogP contribution in [0.4, 0.5) is 11.6 Å². The number of nitrogens with two attached hydrogens (primary N) is 1. The highest BCUT2D eigenvalue weighted by Crippen LogP contribution is 2.35. The summed E-state index contributed by atoms with van der Waals surface area (Å²) < 4.78 is 0. The Kier molecular flexibility index (Phi) is 2.42. The number of rotatable bonds is 5. The summed E-state index contributed by atoms with van der Waals surface area (Å²) in [6, 6.07) is 1.89. The molecule has 86 valence electrons. The molecule has 0 spiro atoms. The largest absolute Gasteiger partial charge is 0.384 e. The van der Waals surface area contributed by atoms with Gasteiger partial charge >= 0.3 is 0 Å². The zero-order valence-corrected chi connectivity index (χ0v) is 9.47. The van der Waals surface area contributed by atoms with Crippen molar-refractivity contribution in [2.75, 3.05) is 23.7 Å². The van der Waals surface area contributed by atoms with Gasteiger partial charge < -0.3 is 10.6 Å². The van der Waals surface area contributed by atoms with Crippen LogP contribution in [0.1, 0.15) is 25.7 Å². The monoisotopic (exact) mass is 218 g/mol. The number of hydrogen-bond donors (Lipinski definition) is 1. The molecule has 0 unspecified atom stereocenters. The Balaban J connectivity index is 1.73. The number of aromatic nitrogens is 2. The molecule has 2 aliphatic rings. The van der Waals surface area contributed by atoms with Gasteiger partial charge in [-0.15, -0.1) is 0 Å². The van der Waals surface area contributed by atoms with E-state index in [-0.39, 0.29) is 0 Å². The van der Waals surface area contributed by atoms with E-state index < -0.39 is 0 Å². The van der Waals surface area contributed by atoms with Gasteiger partial charge in [-0.3, -0.25) is 0 Å². The highest BCUT2D eigenvalue weighted by atomic mass is 15.2. The van der Waals surface area contributed by atoms with Crippen LogP contribution in [-0.4, -0.2) is 23.1 Å². The first-order chi connectivity index (χ1) is 7.81. The molecular weight excluding hydrogens is 200 g/mol. The van der Waals surface area contributed by atoms with Gasteiger partial charge in [0.2, 0.25) is 0 Å². The smallest absolute Gasteiger partial charge is 0.134 e. The number of nitrogens with zero attached hydrogens (tertiary/aromatic N) is 3. The summed E-state index contributed by atoms with van der Waals surface area (Å²) >= 11 is 0. The van der Waals surface area contributed by atoms with Crippen molar-refractivity contribution in [2.24, 2.45) is 11.8 Å². The molecule has 0 bridgehead atoms. The summed E-state index contributed by atoms with van der Waals surface area (Å²) in [5.41, 5.74) is 5.71. The lowest BCUT2D eigenvalue weighted by molar-refractivity contribution is 0.671. The minimum Gasteiger partial charge on any atom is -0.384 e. The average molecular weight is 218 g/mol. The topological polar surface area (TPSA) is 55.0 Å². The quantitative estimate of drug-likeness (QED) is 0.817. The van der Waals surface area contributed by atoms with Crippen molar-refractivity contribution in [2.45, 2.75) is 25.7 Å². The summed E-state index contributed by atoms with van der Waals surface area (Å²) in [6.45, 7) is 2.29.